The third kappa shape index (κ3) is 5.58. The smallest absolute Gasteiger partial charge is 0.221 e. The topological polar surface area (TPSA) is 42.0 Å². The zero-order chi connectivity index (χ0) is 15.1. The van der Waals surface area contributed by atoms with Gasteiger partial charge in [-0.15, -0.1) is 11.8 Å². The van der Waals surface area contributed by atoms with Gasteiger partial charge < -0.3 is 5.32 Å². The van der Waals surface area contributed by atoms with Gasteiger partial charge in [-0.25, -0.2) is 4.98 Å². The van der Waals surface area contributed by atoms with Gasteiger partial charge in [0.15, 0.2) is 0 Å². The summed E-state index contributed by atoms with van der Waals surface area (Å²) >= 11 is 13.3. The summed E-state index contributed by atoms with van der Waals surface area (Å²) in [7, 11) is 0. The molecule has 2 aromatic rings. The van der Waals surface area contributed by atoms with E-state index in [0.717, 1.165) is 10.6 Å². The molecule has 0 saturated heterocycles. The zero-order valence-corrected chi connectivity index (χ0v) is 13.5. The Bertz CT molecular complexity index is 605. The Morgan fingerprint density at radius 1 is 1.19 bits per heavy atom. The van der Waals surface area contributed by atoms with E-state index in [9.17, 15) is 4.79 Å². The standard InChI is InChI=1S/C15H14Cl2N2OS/c16-12-5-6-15(19-10-12)21-8-7-14(20)18-9-11-3-1-2-4-13(11)17/h1-6,10H,7-9H2,(H,18,20). The summed E-state index contributed by atoms with van der Waals surface area (Å²) < 4.78 is 0. The molecule has 2 rings (SSSR count). The molecular weight excluding hydrogens is 327 g/mol. The third-order valence-electron chi connectivity index (χ3n) is 2.71. The van der Waals surface area contributed by atoms with Crippen LogP contribution in [0.15, 0.2) is 47.6 Å². The summed E-state index contributed by atoms with van der Waals surface area (Å²) in [6, 6.07) is 11.1. The second-order valence-electron chi connectivity index (χ2n) is 4.28. The van der Waals surface area contributed by atoms with Crippen LogP contribution in [0.1, 0.15) is 12.0 Å². The van der Waals surface area contributed by atoms with Crippen molar-refractivity contribution in [2.24, 2.45) is 0 Å². The Morgan fingerprint density at radius 3 is 2.71 bits per heavy atom. The lowest BCUT2D eigenvalue weighted by atomic mass is 10.2. The van der Waals surface area contributed by atoms with E-state index in [1.165, 1.54) is 11.8 Å². The Morgan fingerprint density at radius 2 is 2.00 bits per heavy atom. The Kier molecular flexibility index (Phi) is 6.36. The first kappa shape index (κ1) is 16.1. The number of nitrogens with zero attached hydrogens (tertiary/aromatic N) is 1. The van der Waals surface area contributed by atoms with Crippen LogP contribution in [0.2, 0.25) is 10.0 Å². The van der Waals surface area contributed by atoms with Crippen molar-refractivity contribution in [3.8, 4) is 0 Å². The average molecular weight is 341 g/mol. The maximum Gasteiger partial charge on any atom is 0.221 e. The number of hydrogen-bond donors (Lipinski definition) is 1. The summed E-state index contributed by atoms with van der Waals surface area (Å²) in [5.74, 6) is 0.666. The fourth-order valence-electron chi connectivity index (χ4n) is 1.62. The zero-order valence-electron chi connectivity index (χ0n) is 11.2. The van der Waals surface area contributed by atoms with Crippen molar-refractivity contribution >= 4 is 40.9 Å². The largest absolute Gasteiger partial charge is 0.352 e. The van der Waals surface area contributed by atoms with Crippen molar-refractivity contribution in [2.45, 2.75) is 18.0 Å². The second-order valence-corrected chi connectivity index (χ2v) is 6.24. The van der Waals surface area contributed by atoms with E-state index in [1.54, 1.807) is 12.3 Å². The molecule has 6 heteroatoms. The number of rotatable bonds is 6. The van der Waals surface area contributed by atoms with Gasteiger partial charge in [0.05, 0.1) is 10.0 Å². The fraction of sp³-hybridized carbons (Fsp3) is 0.200. The van der Waals surface area contributed by atoms with Crippen LogP contribution in [0.4, 0.5) is 0 Å². The molecule has 0 aliphatic carbocycles. The highest BCUT2D eigenvalue weighted by molar-refractivity contribution is 7.99. The monoisotopic (exact) mass is 340 g/mol. The van der Waals surface area contributed by atoms with Crippen LogP contribution in [0.5, 0.6) is 0 Å². The van der Waals surface area contributed by atoms with E-state index in [0.29, 0.717) is 28.8 Å². The van der Waals surface area contributed by atoms with Gasteiger partial charge in [-0.3, -0.25) is 4.79 Å². The van der Waals surface area contributed by atoms with E-state index in [1.807, 2.05) is 30.3 Å². The number of nitrogens with one attached hydrogen (secondary N) is 1. The number of pyridine rings is 1. The molecule has 1 aromatic heterocycles. The number of hydrogen-bond acceptors (Lipinski definition) is 3. The molecule has 1 aromatic carbocycles. The van der Waals surface area contributed by atoms with Crippen molar-refractivity contribution in [2.75, 3.05) is 5.75 Å². The van der Waals surface area contributed by atoms with Crippen molar-refractivity contribution in [1.82, 2.24) is 10.3 Å². The number of benzene rings is 1. The normalized spacial score (nSPS) is 10.4. The van der Waals surface area contributed by atoms with Gasteiger partial charge in [-0.1, -0.05) is 41.4 Å². The molecular formula is C15H14Cl2N2OS. The predicted molar refractivity (Wildman–Crippen MR) is 87.9 cm³/mol. The predicted octanol–water partition coefficient (Wildman–Crippen LogP) is 4.19. The molecule has 0 saturated carbocycles. The molecule has 110 valence electrons. The Balaban J connectivity index is 1.70. The van der Waals surface area contributed by atoms with Crippen LogP contribution in [0.25, 0.3) is 0 Å². The van der Waals surface area contributed by atoms with Gasteiger partial charge in [0, 0.05) is 29.9 Å². The van der Waals surface area contributed by atoms with Gasteiger partial charge in [0.2, 0.25) is 5.91 Å². The Labute approximate surface area is 138 Å². The van der Waals surface area contributed by atoms with Crippen LogP contribution < -0.4 is 5.32 Å². The number of carbonyl (C=O) groups excluding carboxylic acids is 1. The van der Waals surface area contributed by atoms with E-state index in [4.69, 9.17) is 23.2 Å². The van der Waals surface area contributed by atoms with Crippen LogP contribution >= 0.6 is 35.0 Å². The lowest BCUT2D eigenvalue weighted by Gasteiger charge is -2.06. The van der Waals surface area contributed by atoms with Crippen molar-refractivity contribution in [3.63, 3.8) is 0 Å². The van der Waals surface area contributed by atoms with Gasteiger partial charge in [0.25, 0.3) is 0 Å². The van der Waals surface area contributed by atoms with Gasteiger partial charge in [-0.05, 0) is 23.8 Å². The van der Waals surface area contributed by atoms with E-state index in [-0.39, 0.29) is 5.91 Å². The van der Waals surface area contributed by atoms with Gasteiger partial charge in [0.1, 0.15) is 0 Å². The van der Waals surface area contributed by atoms with Gasteiger partial charge >= 0.3 is 0 Å². The maximum atomic E-state index is 11.8. The van der Waals surface area contributed by atoms with Crippen LogP contribution in [0.3, 0.4) is 0 Å². The van der Waals surface area contributed by atoms with E-state index in [2.05, 4.69) is 10.3 Å². The molecule has 0 atom stereocenters. The highest BCUT2D eigenvalue weighted by atomic mass is 35.5. The number of aromatic nitrogens is 1. The molecule has 0 bridgehead atoms. The number of thioether (sulfide) groups is 1. The average Bonchev–Trinajstić information content (AvgIpc) is 2.48. The van der Waals surface area contributed by atoms with Gasteiger partial charge in [-0.2, -0.15) is 0 Å². The van der Waals surface area contributed by atoms with Crippen LogP contribution in [-0.4, -0.2) is 16.6 Å². The van der Waals surface area contributed by atoms with E-state index < -0.39 is 0 Å². The van der Waals surface area contributed by atoms with Crippen LogP contribution in [0, 0.1) is 0 Å². The molecule has 1 amide bonds. The molecule has 0 radical (unpaired) electrons. The second kappa shape index (κ2) is 8.27. The molecule has 0 fully saturated rings. The molecule has 1 heterocycles. The van der Waals surface area contributed by atoms with Crippen LogP contribution in [-0.2, 0) is 11.3 Å². The number of halogens is 2. The molecule has 1 N–H and O–H groups in total. The number of amides is 1. The lowest BCUT2D eigenvalue weighted by Crippen LogP contribution is -2.23. The van der Waals surface area contributed by atoms with Crippen molar-refractivity contribution < 1.29 is 4.79 Å². The third-order valence-corrected chi connectivity index (χ3v) is 4.25. The first-order valence-electron chi connectivity index (χ1n) is 6.39. The maximum absolute atomic E-state index is 11.8. The molecule has 0 aliphatic heterocycles. The number of carbonyl (C=O) groups is 1. The van der Waals surface area contributed by atoms with E-state index >= 15 is 0 Å². The van der Waals surface area contributed by atoms with Crippen molar-refractivity contribution in [1.29, 1.82) is 0 Å². The minimum absolute atomic E-state index is 0.00335. The molecule has 0 spiro atoms. The molecule has 21 heavy (non-hydrogen) atoms. The lowest BCUT2D eigenvalue weighted by molar-refractivity contribution is -0.120. The summed E-state index contributed by atoms with van der Waals surface area (Å²) in [4.78, 5) is 15.9. The highest BCUT2D eigenvalue weighted by Crippen LogP contribution is 2.18. The summed E-state index contributed by atoms with van der Waals surface area (Å²) in [6.45, 7) is 0.447. The minimum Gasteiger partial charge on any atom is -0.352 e. The first-order valence-corrected chi connectivity index (χ1v) is 8.14. The SMILES string of the molecule is O=C(CCSc1ccc(Cl)cn1)NCc1ccccc1Cl. The van der Waals surface area contributed by atoms with Crippen molar-refractivity contribution in [3.05, 3.63) is 58.2 Å². The quantitative estimate of drug-likeness (QED) is 0.801. The molecule has 0 aliphatic rings. The fourth-order valence-corrected chi connectivity index (χ4v) is 2.72. The minimum atomic E-state index is -0.00335. The highest BCUT2D eigenvalue weighted by Gasteiger charge is 2.04. The Hall–Kier alpha value is -1.23. The summed E-state index contributed by atoms with van der Waals surface area (Å²) in [5.41, 5.74) is 0.916. The molecule has 0 unspecified atom stereocenters. The molecule has 3 nitrogen and oxygen atoms in total. The summed E-state index contributed by atoms with van der Waals surface area (Å²) in [6.07, 6.45) is 2.03. The first-order chi connectivity index (χ1) is 10.1. The summed E-state index contributed by atoms with van der Waals surface area (Å²) in [5, 5.41) is 4.99.